The van der Waals surface area contributed by atoms with E-state index < -0.39 is 0 Å². The van der Waals surface area contributed by atoms with Gasteiger partial charge in [0.25, 0.3) is 0 Å². The molecule has 0 unspecified atom stereocenters. The van der Waals surface area contributed by atoms with Gasteiger partial charge in [-0.1, -0.05) is 128 Å². The van der Waals surface area contributed by atoms with E-state index in [-0.39, 0.29) is 10.8 Å². The highest BCUT2D eigenvalue weighted by atomic mass is 16.3. The first kappa shape index (κ1) is 34.6. The maximum absolute atomic E-state index is 9.54. The highest BCUT2D eigenvalue weighted by molar-refractivity contribution is 5.43. The fraction of sp³-hybridized carbons (Fsp3) is 0.400. The van der Waals surface area contributed by atoms with Gasteiger partial charge < -0.3 is 20.4 Å². The number of hydrogen-bond donors (Lipinski definition) is 4. The topological polar surface area (TPSA) is 80.9 Å². The quantitative estimate of drug-likeness (QED) is 0.109. The minimum atomic E-state index is -0.102. The molecule has 0 saturated heterocycles. The first-order chi connectivity index (χ1) is 21.1. The molecule has 0 aliphatic carbocycles. The molecule has 0 atom stereocenters. The van der Waals surface area contributed by atoms with E-state index in [2.05, 4.69) is 27.7 Å². The molecule has 0 saturated carbocycles. The molecule has 4 N–H and O–H groups in total. The lowest BCUT2D eigenvalue weighted by atomic mass is 9.72. The molecule has 0 radical (unpaired) electrons. The van der Waals surface area contributed by atoms with Crippen molar-refractivity contribution in [1.29, 1.82) is 0 Å². The minimum Gasteiger partial charge on any atom is -0.508 e. The molecule has 0 fully saturated rings. The predicted molar refractivity (Wildman–Crippen MR) is 183 cm³/mol. The third-order valence-corrected chi connectivity index (χ3v) is 9.08. The first-order valence-corrected chi connectivity index (χ1v) is 16.3. The maximum atomic E-state index is 9.54. The summed E-state index contributed by atoms with van der Waals surface area (Å²) in [7, 11) is 0. The Morgan fingerprint density at radius 1 is 0.364 bits per heavy atom. The van der Waals surface area contributed by atoms with Crippen LogP contribution in [0.15, 0.2) is 97.1 Å². The van der Waals surface area contributed by atoms with E-state index >= 15 is 0 Å². The second-order valence-electron chi connectivity index (χ2n) is 12.5. The molecular weight excluding hydrogens is 544 g/mol. The van der Waals surface area contributed by atoms with Crippen molar-refractivity contribution in [3.05, 3.63) is 119 Å². The lowest BCUT2D eigenvalue weighted by Gasteiger charge is -2.31. The molecule has 4 nitrogen and oxygen atoms in total. The molecule has 4 aromatic carbocycles. The number of benzene rings is 4. The van der Waals surface area contributed by atoms with Crippen molar-refractivity contribution in [2.45, 2.75) is 103 Å². The van der Waals surface area contributed by atoms with Crippen molar-refractivity contribution in [3.63, 3.8) is 0 Å². The average molecular weight is 597 g/mol. The van der Waals surface area contributed by atoms with Crippen LogP contribution in [-0.2, 0) is 10.8 Å². The molecule has 0 heterocycles. The van der Waals surface area contributed by atoms with Gasteiger partial charge in [-0.05, 0) is 83.6 Å². The third kappa shape index (κ3) is 9.54. The number of phenols is 4. The van der Waals surface area contributed by atoms with E-state index in [1.165, 1.54) is 73.6 Å². The van der Waals surface area contributed by atoms with Gasteiger partial charge in [0.2, 0.25) is 0 Å². The molecule has 236 valence electrons. The van der Waals surface area contributed by atoms with E-state index in [1.54, 1.807) is 48.5 Å². The highest BCUT2D eigenvalue weighted by Crippen LogP contribution is 2.39. The van der Waals surface area contributed by atoms with Crippen molar-refractivity contribution in [3.8, 4) is 23.0 Å². The summed E-state index contributed by atoms with van der Waals surface area (Å²) < 4.78 is 0. The normalized spacial score (nSPS) is 11.5. The Bertz CT molecular complexity index is 1160. The molecule has 4 rings (SSSR count). The molecule has 0 bridgehead atoms. The van der Waals surface area contributed by atoms with Crippen LogP contribution in [0.3, 0.4) is 0 Å². The Kier molecular flexibility index (Phi) is 13.2. The smallest absolute Gasteiger partial charge is 0.115 e. The van der Waals surface area contributed by atoms with E-state index in [4.69, 9.17) is 0 Å². The third-order valence-electron chi connectivity index (χ3n) is 9.08. The molecule has 44 heavy (non-hydrogen) atoms. The van der Waals surface area contributed by atoms with Gasteiger partial charge in [-0.15, -0.1) is 0 Å². The van der Waals surface area contributed by atoms with Gasteiger partial charge in [-0.2, -0.15) is 0 Å². The number of hydrogen-bond acceptors (Lipinski definition) is 4. The van der Waals surface area contributed by atoms with Crippen LogP contribution in [0.2, 0.25) is 0 Å². The number of unbranched alkanes of at least 4 members (excludes halogenated alkanes) is 6. The van der Waals surface area contributed by atoms with Crippen LogP contribution in [0.5, 0.6) is 23.0 Å². The van der Waals surface area contributed by atoms with Crippen molar-refractivity contribution >= 4 is 0 Å². The van der Waals surface area contributed by atoms with Crippen LogP contribution < -0.4 is 0 Å². The SMILES string of the molecule is CCCCCCC(C)(c1ccc(O)cc1)c1ccc(O)cc1.CCCCCCC(C)(c1ccc(O)cc1)c1ccc(O)cc1. The first-order valence-electron chi connectivity index (χ1n) is 16.3. The Labute approximate surface area is 265 Å². The van der Waals surface area contributed by atoms with Crippen LogP contribution in [0, 0.1) is 0 Å². The lowest BCUT2D eigenvalue weighted by Crippen LogP contribution is -2.23. The zero-order chi connectivity index (χ0) is 32.0. The van der Waals surface area contributed by atoms with E-state index in [0.29, 0.717) is 23.0 Å². The summed E-state index contributed by atoms with van der Waals surface area (Å²) in [5.74, 6) is 1.18. The van der Waals surface area contributed by atoms with Crippen molar-refractivity contribution < 1.29 is 20.4 Å². The molecule has 4 heteroatoms. The highest BCUT2D eigenvalue weighted by Gasteiger charge is 2.29. The van der Waals surface area contributed by atoms with Crippen LogP contribution in [0.1, 0.15) is 114 Å². The van der Waals surface area contributed by atoms with E-state index in [1.807, 2.05) is 48.5 Å². The fourth-order valence-corrected chi connectivity index (χ4v) is 6.04. The summed E-state index contributed by atoms with van der Waals surface area (Å²) in [5.41, 5.74) is 4.60. The van der Waals surface area contributed by atoms with Gasteiger partial charge >= 0.3 is 0 Å². The summed E-state index contributed by atoms with van der Waals surface area (Å²) in [5, 5.41) is 38.2. The zero-order valence-electron chi connectivity index (χ0n) is 27.1. The minimum absolute atomic E-state index is 0.102. The largest absolute Gasteiger partial charge is 0.508 e. The zero-order valence-corrected chi connectivity index (χ0v) is 27.1. The molecule has 0 amide bonds. The second kappa shape index (κ2) is 16.8. The summed E-state index contributed by atoms with van der Waals surface area (Å²) in [6, 6.07) is 30.0. The van der Waals surface area contributed by atoms with Crippen molar-refractivity contribution in [2.24, 2.45) is 0 Å². The van der Waals surface area contributed by atoms with Crippen LogP contribution in [0.4, 0.5) is 0 Å². The van der Waals surface area contributed by atoms with Gasteiger partial charge in [0.1, 0.15) is 23.0 Å². The summed E-state index contributed by atoms with van der Waals surface area (Å²) in [4.78, 5) is 0. The van der Waals surface area contributed by atoms with Gasteiger partial charge in [0.05, 0.1) is 0 Å². The Balaban J connectivity index is 0.000000240. The fourth-order valence-electron chi connectivity index (χ4n) is 6.04. The summed E-state index contributed by atoms with van der Waals surface area (Å²) in [6.45, 7) is 8.94. The molecule has 0 aliphatic rings. The molecule has 0 aliphatic heterocycles. The van der Waals surface area contributed by atoms with Crippen molar-refractivity contribution in [1.82, 2.24) is 0 Å². The Morgan fingerprint density at radius 2 is 0.591 bits per heavy atom. The standard InChI is InChI=1S/2C20H26O2/c2*1-3-4-5-6-15-20(2,16-7-11-18(21)12-8-16)17-9-13-19(22)14-10-17/h2*7-14,21-22H,3-6,15H2,1-2H3. The lowest BCUT2D eigenvalue weighted by molar-refractivity contribution is 0.462. The van der Waals surface area contributed by atoms with Gasteiger partial charge in [-0.3, -0.25) is 0 Å². The number of rotatable bonds is 14. The van der Waals surface area contributed by atoms with E-state index in [0.717, 1.165) is 12.8 Å². The van der Waals surface area contributed by atoms with Crippen LogP contribution >= 0.6 is 0 Å². The van der Waals surface area contributed by atoms with E-state index in [9.17, 15) is 20.4 Å². The molecule has 4 aromatic rings. The van der Waals surface area contributed by atoms with Crippen LogP contribution in [0.25, 0.3) is 0 Å². The second-order valence-corrected chi connectivity index (χ2v) is 12.5. The van der Waals surface area contributed by atoms with Crippen molar-refractivity contribution in [2.75, 3.05) is 0 Å². The molecule has 0 aromatic heterocycles. The van der Waals surface area contributed by atoms with Crippen LogP contribution in [-0.4, -0.2) is 20.4 Å². The number of aromatic hydroxyl groups is 4. The number of phenolic OH excluding ortho intramolecular Hbond substituents is 4. The summed E-state index contributed by atoms with van der Waals surface area (Å²) in [6.07, 6.45) is 11.9. The molecule has 0 spiro atoms. The van der Waals surface area contributed by atoms with Gasteiger partial charge in [0, 0.05) is 10.8 Å². The summed E-state index contributed by atoms with van der Waals surface area (Å²) >= 11 is 0. The monoisotopic (exact) mass is 596 g/mol. The average Bonchev–Trinajstić information content (AvgIpc) is 3.03. The predicted octanol–water partition coefficient (Wildman–Crippen LogP) is 10.7. The molecular formula is C40H52O4. The Hall–Kier alpha value is -3.92. The van der Waals surface area contributed by atoms with Gasteiger partial charge in [0.15, 0.2) is 0 Å². The Morgan fingerprint density at radius 3 is 0.795 bits per heavy atom. The maximum Gasteiger partial charge on any atom is 0.115 e. The van der Waals surface area contributed by atoms with Gasteiger partial charge in [-0.25, -0.2) is 0 Å².